The number of hydrazine groups is 2. The summed E-state index contributed by atoms with van der Waals surface area (Å²) in [6.45, 7) is 4.72. The van der Waals surface area contributed by atoms with Gasteiger partial charge in [0.25, 0.3) is 0 Å². The second kappa shape index (κ2) is 23.1. The molecule has 0 rings (SSSR count). The van der Waals surface area contributed by atoms with E-state index in [1.165, 1.54) is 13.1 Å². The van der Waals surface area contributed by atoms with Crippen LogP contribution in [0.3, 0.4) is 0 Å². The number of amides is 1. The predicted octanol–water partition coefficient (Wildman–Crippen LogP) is -1.84. The van der Waals surface area contributed by atoms with Gasteiger partial charge in [0.15, 0.2) is 0 Å². The molecule has 0 atom stereocenters. The van der Waals surface area contributed by atoms with Gasteiger partial charge in [0.05, 0.1) is 0 Å². The van der Waals surface area contributed by atoms with Crippen LogP contribution in [0.5, 0.6) is 0 Å². The fourth-order valence-electron chi connectivity index (χ4n) is 0. The van der Waals surface area contributed by atoms with E-state index in [1.807, 2.05) is 0 Å². The number of hydrogen-bond acceptors (Lipinski definition) is 5. The Bertz CT molecular complexity index is 84.9. The Labute approximate surface area is 66.7 Å². The van der Waals surface area contributed by atoms with Gasteiger partial charge in [0.2, 0.25) is 5.91 Å². The third-order valence-corrected chi connectivity index (χ3v) is 0.470. The van der Waals surface area contributed by atoms with Crippen LogP contribution in [0.2, 0.25) is 0 Å². The molecule has 0 radical (unpaired) electrons. The van der Waals surface area contributed by atoms with Crippen LogP contribution in [-0.4, -0.2) is 13.0 Å². The van der Waals surface area contributed by atoms with E-state index < -0.39 is 0 Å². The SMILES string of the molecule is C=CNN.CNC(C)=O.NN. The zero-order valence-electron chi connectivity index (χ0n) is 6.92. The summed E-state index contributed by atoms with van der Waals surface area (Å²) in [5.74, 6) is 12.7. The van der Waals surface area contributed by atoms with Crippen molar-refractivity contribution in [2.24, 2.45) is 17.5 Å². The molecule has 6 nitrogen and oxygen atoms in total. The predicted molar refractivity (Wildman–Crippen MR) is 45.6 cm³/mol. The van der Waals surface area contributed by atoms with Gasteiger partial charge in [-0.3, -0.25) is 22.3 Å². The fraction of sp³-hybridized carbons (Fsp3) is 0.400. The number of carbonyl (C=O) groups excluding carboxylic acids is 1. The van der Waals surface area contributed by atoms with Crippen LogP contribution in [0, 0.1) is 0 Å². The topological polar surface area (TPSA) is 119 Å². The van der Waals surface area contributed by atoms with E-state index in [2.05, 4.69) is 34.8 Å². The summed E-state index contributed by atoms with van der Waals surface area (Å²) in [4.78, 5) is 9.70. The van der Waals surface area contributed by atoms with Crippen molar-refractivity contribution in [1.82, 2.24) is 10.7 Å². The first-order valence-corrected chi connectivity index (χ1v) is 2.77. The molecule has 68 valence electrons. The van der Waals surface area contributed by atoms with Gasteiger partial charge in [0.1, 0.15) is 0 Å². The Balaban J connectivity index is -0.0000000965. The highest BCUT2D eigenvalue weighted by Crippen LogP contribution is 1.45. The van der Waals surface area contributed by atoms with Crippen molar-refractivity contribution in [2.75, 3.05) is 7.05 Å². The van der Waals surface area contributed by atoms with Crippen molar-refractivity contribution in [2.45, 2.75) is 6.92 Å². The first-order chi connectivity index (χ1) is 5.18. The van der Waals surface area contributed by atoms with Crippen molar-refractivity contribution in [3.05, 3.63) is 12.8 Å². The highest BCUT2D eigenvalue weighted by molar-refractivity contribution is 5.72. The molecule has 0 aromatic heterocycles. The largest absolute Gasteiger partial charge is 0.359 e. The molecule has 6 heteroatoms. The lowest BCUT2D eigenvalue weighted by Crippen LogP contribution is -2.11. The molecule has 0 fully saturated rings. The molecule has 0 aliphatic heterocycles. The third kappa shape index (κ3) is 118. The molecule has 0 bridgehead atoms. The normalized spacial score (nSPS) is 5.55. The van der Waals surface area contributed by atoms with Crippen LogP contribution in [0.25, 0.3) is 0 Å². The zero-order chi connectivity index (χ0) is 9.70. The molecule has 0 saturated carbocycles. The summed E-state index contributed by atoms with van der Waals surface area (Å²) in [6, 6.07) is 0. The third-order valence-electron chi connectivity index (χ3n) is 0.470. The summed E-state index contributed by atoms with van der Waals surface area (Å²) < 4.78 is 0. The minimum Gasteiger partial charge on any atom is -0.359 e. The monoisotopic (exact) mass is 163 g/mol. The molecule has 0 aromatic carbocycles. The Hall–Kier alpha value is -1.11. The van der Waals surface area contributed by atoms with Gasteiger partial charge in [-0.2, -0.15) is 0 Å². The Morgan fingerprint density at radius 2 is 1.73 bits per heavy atom. The Morgan fingerprint density at radius 3 is 1.73 bits per heavy atom. The average molecular weight is 163 g/mol. The minimum atomic E-state index is 0.00463. The van der Waals surface area contributed by atoms with E-state index in [0.717, 1.165) is 0 Å². The van der Waals surface area contributed by atoms with Gasteiger partial charge >= 0.3 is 0 Å². The molecule has 0 aliphatic rings. The molecule has 1 amide bonds. The maximum absolute atomic E-state index is 9.70. The minimum absolute atomic E-state index is 0.00463. The van der Waals surface area contributed by atoms with Crippen molar-refractivity contribution >= 4 is 5.91 Å². The van der Waals surface area contributed by atoms with Gasteiger partial charge in [-0.1, -0.05) is 6.58 Å². The number of carbonyl (C=O) groups is 1. The van der Waals surface area contributed by atoms with Crippen molar-refractivity contribution in [3.8, 4) is 0 Å². The molecule has 11 heavy (non-hydrogen) atoms. The quantitative estimate of drug-likeness (QED) is 0.230. The van der Waals surface area contributed by atoms with Crippen molar-refractivity contribution < 1.29 is 4.79 Å². The second-order valence-corrected chi connectivity index (χ2v) is 1.18. The van der Waals surface area contributed by atoms with E-state index in [-0.39, 0.29) is 5.91 Å². The van der Waals surface area contributed by atoms with Gasteiger partial charge in [0, 0.05) is 20.2 Å². The molecule has 0 heterocycles. The van der Waals surface area contributed by atoms with Gasteiger partial charge in [-0.05, 0) is 0 Å². The zero-order valence-corrected chi connectivity index (χ0v) is 6.92. The first-order valence-electron chi connectivity index (χ1n) is 2.77. The van der Waals surface area contributed by atoms with Gasteiger partial charge < -0.3 is 10.7 Å². The smallest absolute Gasteiger partial charge is 0.216 e. The maximum atomic E-state index is 9.70. The second-order valence-electron chi connectivity index (χ2n) is 1.18. The number of nitrogens with one attached hydrogen (secondary N) is 2. The standard InChI is InChI=1S/C3H7NO.C2H6N2.H4N2/c1-3(5)4-2;1-2-4-3;1-2/h1-2H3,(H,4,5);2,4H,1,3H2;1-2H2. The summed E-state index contributed by atoms with van der Waals surface area (Å²) in [5, 5.41) is 2.39. The highest BCUT2D eigenvalue weighted by Gasteiger charge is 1.72. The lowest BCUT2D eigenvalue weighted by Gasteiger charge is -1.80. The summed E-state index contributed by atoms with van der Waals surface area (Å²) in [7, 11) is 1.60. The van der Waals surface area contributed by atoms with E-state index in [9.17, 15) is 4.79 Å². The number of rotatable bonds is 1. The van der Waals surface area contributed by atoms with Crippen LogP contribution in [0.1, 0.15) is 6.92 Å². The molecular weight excluding hydrogens is 146 g/mol. The lowest BCUT2D eigenvalue weighted by molar-refractivity contribution is -0.118. The maximum Gasteiger partial charge on any atom is 0.216 e. The van der Waals surface area contributed by atoms with E-state index in [0.29, 0.717) is 0 Å². The van der Waals surface area contributed by atoms with Crippen molar-refractivity contribution in [1.29, 1.82) is 0 Å². The molecule has 8 N–H and O–H groups in total. The van der Waals surface area contributed by atoms with Crippen molar-refractivity contribution in [3.63, 3.8) is 0 Å². The van der Waals surface area contributed by atoms with Crippen LogP contribution >= 0.6 is 0 Å². The lowest BCUT2D eigenvalue weighted by atomic mass is 10.7. The average Bonchev–Trinajstić information content (AvgIpc) is 2.08. The molecule has 0 spiro atoms. The van der Waals surface area contributed by atoms with Gasteiger partial charge in [-0.15, -0.1) is 0 Å². The number of nitrogens with two attached hydrogens (primary N) is 3. The fourth-order valence-corrected chi connectivity index (χ4v) is 0. The van der Waals surface area contributed by atoms with E-state index in [4.69, 9.17) is 0 Å². The molecule has 0 unspecified atom stereocenters. The molecule has 0 aliphatic carbocycles. The Kier molecular flexibility index (Phi) is 34.6. The molecule has 0 aromatic rings. The van der Waals surface area contributed by atoms with Crippen LogP contribution in [0.15, 0.2) is 12.8 Å². The molecular formula is C5H17N5O. The summed E-state index contributed by atoms with van der Waals surface area (Å²) in [5.41, 5.74) is 2.19. The Morgan fingerprint density at radius 1 is 1.55 bits per heavy atom. The molecule has 0 saturated heterocycles. The van der Waals surface area contributed by atoms with Gasteiger partial charge in [-0.25, -0.2) is 0 Å². The van der Waals surface area contributed by atoms with Crippen LogP contribution < -0.4 is 28.3 Å². The van der Waals surface area contributed by atoms with Crippen LogP contribution in [-0.2, 0) is 4.79 Å². The van der Waals surface area contributed by atoms with E-state index in [1.54, 1.807) is 7.05 Å². The summed E-state index contributed by atoms with van der Waals surface area (Å²) in [6.07, 6.45) is 1.40. The van der Waals surface area contributed by atoms with Crippen LogP contribution in [0.4, 0.5) is 0 Å². The highest BCUT2D eigenvalue weighted by atomic mass is 16.1. The summed E-state index contributed by atoms with van der Waals surface area (Å²) >= 11 is 0. The first kappa shape index (κ1) is 16.5. The van der Waals surface area contributed by atoms with E-state index >= 15 is 0 Å². The number of hydrogen-bond donors (Lipinski definition) is 5.